The number of aromatic nitrogens is 1. The summed E-state index contributed by atoms with van der Waals surface area (Å²) in [6.45, 7) is 2.64. The Labute approximate surface area is 148 Å². The van der Waals surface area contributed by atoms with E-state index < -0.39 is 12.0 Å². The van der Waals surface area contributed by atoms with Gasteiger partial charge in [-0.3, -0.25) is 4.79 Å². The van der Waals surface area contributed by atoms with Crippen LogP contribution in [0.15, 0.2) is 23.4 Å². The van der Waals surface area contributed by atoms with E-state index in [1.165, 1.54) is 0 Å². The van der Waals surface area contributed by atoms with E-state index in [4.69, 9.17) is 9.57 Å². The summed E-state index contributed by atoms with van der Waals surface area (Å²) >= 11 is 0. The van der Waals surface area contributed by atoms with Crippen LogP contribution in [0.25, 0.3) is 10.9 Å². The Bertz CT molecular complexity index is 908. The summed E-state index contributed by atoms with van der Waals surface area (Å²) in [4.78, 5) is 23.0. The molecule has 0 bridgehead atoms. The van der Waals surface area contributed by atoms with Gasteiger partial charge in [-0.2, -0.15) is 0 Å². The van der Waals surface area contributed by atoms with Crippen molar-refractivity contribution in [2.45, 2.75) is 31.8 Å². The van der Waals surface area contributed by atoms with E-state index in [0.29, 0.717) is 24.4 Å². The van der Waals surface area contributed by atoms with Crippen LogP contribution in [-0.2, 0) is 4.84 Å². The number of oxime groups is 1. The first-order chi connectivity index (χ1) is 12.4. The summed E-state index contributed by atoms with van der Waals surface area (Å²) in [7, 11) is 1.58. The number of benzene rings is 1. The van der Waals surface area contributed by atoms with Crippen LogP contribution >= 0.6 is 0 Å². The number of carbonyl (C=O) groups excluding carboxylic acids is 1. The number of alkyl halides is 2. The number of ether oxygens (including phenoxy) is 1. The van der Waals surface area contributed by atoms with Gasteiger partial charge in [0, 0.05) is 24.8 Å². The smallest absolute Gasteiger partial charge is 0.279 e. The van der Waals surface area contributed by atoms with Crippen molar-refractivity contribution in [3.05, 3.63) is 29.5 Å². The van der Waals surface area contributed by atoms with Crippen LogP contribution in [0.3, 0.4) is 0 Å². The fourth-order valence-corrected chi connectivity index (χ4v) is 3.70. The number of hydrogen-bond donors (Lipinski definition) is 1. The highest BCUT2D eigenvalue weighted by atomic mass is 19.3. The summed E-state index contributed by atoms with van der Waals surface area (Å²) in [5.41, 5.74) is 1.23. The van der Waals surface area contributed by atoms with Crippen LogP contribution < -0.4 is 4.74 Å². The van der Waals surface area contributed by atoms with Crippen LogP contribution in [0, 0.1) is 6.92 Å². The second kappa shape index (κ2) is 5.96. The summed E-state index contributed by atoms with van der Waals surface area (Å²) in [6, 6.07) is 5.55. The van der Waals surface area contributed by atoms with Crippen LogP contribution in [0.2, 0.25) is 0 Å². The summed E-state index contributed by atoms with van der Waals surface area (Å²) < 4.78 is 31.0. The van der Waals surface area contributed by atoms with Gasteiger partial charge >= 0.3 is 0 Å². The Hall–Kier alpha value is -2.64. The van der Waals surface area contributed by atoms with E-state index in [9.17, 15) is 13.6 Å². The molecule has 1 aromatic carbocycles. The number of likely N-dealkylation sites (tertiary alicyclic amines) is 1. The van der Waals surface area contributed by atoms with Crippen molar-refractivity contribution in [1.29, 1.82) is 0 Å². The molecule has 1 aromatic heterocycles. The molecule has 1 atom stereocenters. The Kier molecular flexibility index (Phi) is 3.86. The second-order valence-corrected chi connectivity index (χ2v) is 6.87. The Morgan fingerprint density at radius 1 is 1.46 bits per heavy atom. The molecule has 1 unspecified atom stereocenters. The first kappa shape index (κ1) is 16.8. The van der Waals surface area contributed by atoms with E-state index in [-0.39, 0.29) is 24.6 Å². The largest absolute Gasteiger partial charge is 0.496 e. The van der Waals surface area contributed by atoms with Crippen molar-refractivity contribution in [2.24, 2.45) is 5.16 Å². The third kappa shape index (κ3) is 2.60. The molecule has 1 spiro atoms. The third-order valence-electron chi connectivity index (χ3n) is 5.13. The SMILES string of the molecule is COc1ccc(C)c2[nH]c(C(=O)N3CCC4(CC(C(F)F)=NO4)C3)cc12. The van der Waals surface area contributed by atoms with E-state index in [0.717, 1.165) is 16.5 Å². The van der Waals surface area contributed by atoms with Gasteiger partial charge in [0.25, 0.3) is 12.3 Å². The minimum absolute atomic E-state index is 0.0636. The fraction of sp³-hybridized carbons (Fsp3) is 0.444. The lowest BCUT2D eigenvalue weighted by Crippen LogP contribution is -2.37. The monoisotopic (exact) mass is 363 g/mol. The molecule has 1 amide bonds. The predicted molar refractivity (Wildman–Crippen MR) is 92.0 cm³/mol. The lowest BCUT2D eigenvalue weighted by atomic mass is 9.97. The normalized spacial score (nSPS) is 22.3. The van der Waals surface area contributed by atoms with Gasteiger partial charge in [-0.15, -0.1) is 0 Å². The third-order valence-corrected chi connectivity index (χ3v) is 5.13. The quantitative estimate of drug-likeness (QED) is 0.911. The zero-order valence-corrected chi connectivity index (χ0v) is 14.5. The molecular weight excluding hydrogens is 344 g/mol. The number of methoxy groups -OCH3 is 1. The molecule has 26 heavy (non-hydrogen) atoms. The first-order valence-corrected chi connectivity index (χ1v) is 8.41. The number of halogens is 2. The molecule has 2 aliphatic heterocycles. The average molecular weight is 363 g/mol. The number of nitrogens with zero attached hydrogens (tertiary/aromatic N) is 2. The highest BCUT2D eigenvalue weighted by Crippen LogP contribution is 2.36. The second-order valence-electron chi connectivity index (χ2n) is 6.87. The molecule has 2 aliphatic rings. The zero-order valence-electron chi connectivity index (χ0n) is 14.5. The first-order valence-electron chi connectivity index (χ1n) is 8.41. The molecule has 138 valence electrons. The molecule has 0 saturated carbocycles. The van der Waals surface area contributed by atoms with Gasteiger partial charge in [-0.25, -0.2) is 8.78 Å². The van der Waals surface area contributed by atoms with Crippen molar-refractivity contribution in [2.75, 3.05) is 20.2 Å². The number of fused-ring (bicyclic) bond motifs is 1. The lowest BCUT2D eigenvalue weighted by Gasteiger charge is -2.21. The van der Waals surface area contributed by atoms with Gasteiger partial charge in [-0.1, -0.05) is 11.2 Å². The van der Waals surface area contributed by atoms with Crippen molar-refractivity contribution in [3.8, 4) is 5.75 Å². The van der Waals surface area contributed by atoms with Gasteiger partial charge in [0.2, 0.25) is 0 Å². The van der Waals surface area contributed by atoms with Crippen LogP contribution in [0.5, 0.6) is 5.75 Å². The Morgan fingerprint density at radius 2 is 2.27 bits per heavy atom. The van der Waals surface area contributed by atoms with Gasteiger partial charge in [0.1, 0.15) is 17.2 Å². The number of aryl methyl sites for hydroxylation is 1. The molecule has 6 nitrogen and oxygen atoms in total. The van der Waals surface area contributed by atoms with Crippen LogP contribution in [-0.4, -0.2) is 53.7 Å². The fourth-order valence-electron chi connectivity index (χ4n) is 3.70. The van der Waals surface area contributed by atoms with Crippen molar-refractivity contribution in [3.63, 3.8) is 0 Å². The molecule has 3 heterocycles. The molecule has 4 rings (SSSR count). The number of amides is 1. The highest BCUT2D eigenvalue weighted by molar-refractivity contribution is 6.00. The molecule has 1 N–H and O–H groups in total. The summed E-state index contributed by atoms with van der Waals surface area (Å²) in [5.74, 6) is 0.501. The minimum atomic E-state index is -2.62. The summed E-state index contributed by atoms with van der Waals surface area (Å²) in [5, 5.41) is 4.35. The molecule has 0 aliphatic carbocycles. The van der Waals surface area contributed by atoms with E-state index >= 15 is 0 Å². The maximum atomic E-state index is 12.9. The average Bonchev–Trinajstić information content (AvgIpc) is 3.34. The maximum absolute atomic E-state index is 12.9. The van der Waals surface area contributed by atoms with Crippen LogP contribution in [0.1, 0.15) is 28.9 Å². The Balaban J connectivity index is 1.56. The van der Waals surface area contributed by atoms with E-state index in [2.05, 4.69) is 10.1 Å². The standard InChI is InChI=1S/C18H19F2N3O3/c1-10-3-4-14(25-2)11-7-12(21-15(10)11)17(24)23-6-5-18(9-23)8-13(16(19)20)22-26-18/h3-4,7,16,21H,5-6,8-9H2,1-2H3. The molecule has 1 saturated heterocycles. The van der Waals surface area contributed by atoms with Crippen molar-refractivity contribution in [1.82, 2.24) is 9.88 Å². The van der Waals surface area contributed by atoms with Gasteiger partial charge in [0.15, 0.2) is 5.60 Å². The van der Waals surface area contributed by atoms with Crippen LogP contribution in [0.4, 0.5) is 8.78 Å². The number of hydrogen-bond acceptors (Lipinski definition) is 4. The van der Waals surface area contributed by atoms with Gasteiger partial charge < -0.3 is 19.5 Å². The van der Waals surface area contributed by atoms with Gasteiger partial charge in [-0.05, 0) is 24.6 Å². The van der Waals surface area contributed by atoms with Crippen molar-refractivity contribution >= 4 is 22.5 Å². The highest BCUT2D eigenvalue weighted by Gasteiger charge is 2.48. The van der Waals surface area contributed by atoms with E-state index in [1.54, 1.807) is 18.1 Å². The lowest BCUT2D eigenvalue weighted by molar-refractivity contribution is -0.00921. The zero-order chi connectivity index (χ0) is 18.5. The number of carbonyl (C=O) groups is 1. The van der Waals surface area contributed by atoms with E-state index in [1.807, 2.05) is 19.1 Å². The number of H-pyrrole nitrogens is 1. The molecule has 0 radical (unpaired) electrons. The maximum Gasteiger partial charge on any atom is 0.279 e. The number of nitrogens with one attached hydrogen (secondary N) is 1. The minimum Gasteiger partial charge on any atom is -0.496 e. The summed E-state index contributed by atoms with van der Waals surface area (Å²) in [6.07, 6.45) is -2.07. The predicted octanol–water partition coefficient (Wildman–Crippen LogP) is 3.11. The number of aromatic amines is 1. The molecular formula is C18H19F2N3O3. The Morgan fingerprint density at radius 3 is 2.96 bits per heavy atom. The van der Waals surface area contributed by atoms with Crippen molar-refractivity contribution < 1.29 is 23.1 Å². The number of rotatable bonds is 3. The van der Waals surface area contributed by atoms with Gasteiger partial charge in [0.05, 0.1) is 19.2 Å². The molecule has 8 heteroatoms. The molecule has 2 aromatic rings. The molecule has 1 fully saturated rings. The topological polar surface area (TPSA) is 66.9 Å².